The highest BCUT2D eigenvalue weighted by Gasteiger charge is 2.50. The number of rotatable bonds is 4. The van der Waals surface area contributed by atoms with Crippen LogP contribution in [0.3, 0.4) is 0 Å². The predicted octanol–water partition coefficient (Wildman–Crippen LogP) is 0.501. The molecule has 1 saturated carbocycles. The van der Waals surface area contributed by atoms with Crippen molar-refractivity contribution in [3.8, 4) is 12.3 Å². The molecule has 0 atom stereocenters. The normalized spacial score (nSPS) is 18.8. The van der Waals surface area contributed by atoms with Gasteiger partial charge in [-0.05, 0) is 12.8 Å². The highest BCUT2D eigenvalue weighted by atomic mass is 16.5. The summed E-state index contributed by atoms with van der Waals surface area (Å²) in [6.45, 7) is 0.460. The first kappa shape index (κ1) is 8.09. The molecule has 60 valence electrons. The monoisotopic (exact) mass is 154 g/mol. The molecule has 1 fully saturated rings. The lowest BCUT2D eigenvalue weighted by molar-refractivity contribution is -0.145. The van der Waals surface area contributed by atoms with Crippen molar-refractivity contribution in [1.29, 1.82) is 0 Å². The van der Waals surface area contributed by atoms with Gasteiger partial charge in [0.05, 0.1) is 12.0 Å². The van der Waals surface area contributed by atoms with E-state index < -0.39 is 11.4 Å². The number of carboxylic acids is 1. The van der Waals surface area contributed by atoms with E-state index >= 15 is 0 Å². The van der Waals surface area contributed by atoms with Gasteiger partial charge in [0.15, 0.2) is 0 Å². The zero-order valence-electron chi connectivity index (χ0n) is 6.17. The smallest absolute Gasteiger partial charge is 0.311 e. The Hall–Kier alpha value is -1.01. The van der Waals surface area contributed by atoms with E-state index in [-0.39, 0.29) is 13.2 Å². The molecule has 3 heteroatoms. The van der Waals surface area contributed by atoms with Crippen LogP contribution in [-0.2, 0) is 9.53 Å². The molecule has 11 heavy (non-hydrogen) atoms. The van der Waals surface area contributed by atoms with E-state index in [1.54, 1.807) is 0 Å². The molecule has 3 nitrogen and oxygen atoms in total. The summed E-state index contributed by atoms with van der Waals surface area (Å²) in [5.74, 6) is 1.52. The Labute approximate surface area is 65.4 Å². The van der Waals surface area contributed by atoms with Crippen molar-refractivity contribution >= 4 is 5.97 Å². The third-order valence-corrected chi connectivity index (χ3v) is 1.87. The van der Waals surface area contributed by atoms with Gasteiger partial charge in [0.2, 0.25) is 0 Å². The first-order valence-electron chi connectivity index (χ1n) is 3.46. The number of carbonyl (C=O) groups is 1. The number of hydrogen-bond acceptors (Lipinski definition) is 2. The second-order valence-corrected chi connectivity index (χ2v) is 2.78. The van der Waals surface area contributed by atoms with Gasteiger partial charge in [-0.25, -0.2) is 0 Å². The van der Waals surface area contributed by atoms with E-state index in [9.17, 15) is 4.79 Å². The molecular formula is C8H10O3. The van der Waals surface area contributed by atoms with E-state index in [1.165, 1.54) is 0 Å². The van der Waals surface area contributed by atoms with Gasteiger partial charge < -0.3 is 9.84 Å². The van der Waals surface area contributed by atoms with Crippen molar-refractivity contribution < 1.29 is 14.6 Å². The Morgan fingerprint density at radius 2 is 2.36 bits per heavy atom. The fourth-order valence-electron chi connectivity index (χ4n) is 0.876. The molecule has 1 aliphatic carbocycles. The van der Waals surface area contributed by atoms with E-state index in [0.29, 0.717) is 12.8 Å². The summed E-state index contributed by atoms with van der Waals surface area (Å²) in [6, 6.07) is 0. The summed E-state index contributed by atoms with van der Waals surface area (Å²) < 4.78 is 4.95. The number of aliphatic carboxylic acids is 1. The molecular weight excluding hydrogens is 144 g/mol. The number of ether oxygens (including phenoxy) is 1. The fourth-order valence-corrected chi connectivity index (χ4v) is 0.876. The summed E-state index contributed by atoms with van der Waals surface area (Å²) in [5, 5.41) is 8.67. The van der Waals surface area contributed by atoms with Crippen molar-refractivity contribution in [2.45, 2.75) is 12.8 Å². The first-order chi connectivity index (χ1) is 5.21. The zero-order valence-corrected chi connectivity index (χ0v) is 6.17. The minimum Gasteiger partial charge on any atom is -0.481 e. The van der Waals surface area contributed by atoms with Gasteiger partial charge in [0, 0.05) is 0 Å². The summed E-state index contributed by atoms with van der Waals surface area (Å²) in [4.78, 5) is 10.5. The van der Waals surface area contributed by atoms with Crippen molar-refractivity contribution in [2.24, 2.45) is 5.41 Å². The molecule has 0 heterocycles. The maximum Gasteiger partial charge on any atom is 0.311 e. The summed E-state index contributed by atoms with van der Waals surface area (Å²) in [7, 11) is 0. The van der Waals surface area contributed by atoms with Crippen LogP contribution in [0, 0.1) is 17.8 Å². The highest BCUT2D eigenvalue weighted by Crippen LogP contribution is 2.45. The average Bonchev–Trinajstić information content (AvgIpc) is 2.70. The third kappa shape index (κ3) is 1.72. The SMILES string of the molecule is C#CCOCC1(C(=O)O)CC1. The van der Waals surface area contributed by atoms with Gasteiger partial charge in [-0.3, -0.25) is 4.79 Å². The summed E-state index contributed by atoms with van der Waals surface area (Å²) >= 11 is 0. The molecule has 1 aliphatic rings. The van der Waals surface area contributed by atoms with Gasteiger partial charge in [-0.2, -0.15) is 0 Å². The number of terminal acetylenes is 1. The minimum absolute atomic E-state index is 0.203. The molecule has 0 saturated heterocycles. The van der Waals surface area contributed by atoms with Gasteiger partial charge in [-0.1, -0.05) is 5.92 Å². The Morgan fingerprint density at radius 3 is 2.73 bits per heavy atom. The lowest BCUT2D eigenvalue weighted by Gasteiger charge is -2.07. The van der Waals surface area contributed by atoms with Gasteiger partial charge in [0.25, 0.3) is 0 Å². The van der Waals surface area contributed by atoms with Gasteiger partial charge in [-0.15, -0.1) is 6.42 Å². The summed E-state index contributed by atoms with van der Waals surface area (Å²) in [6.07, 6.45) is 6.36. The quantitative estimate of drug-likeness (QED) is 0.473. The van der Waals surface area contributed by atoms with Crippen LogP contribution in [0.1, 0.15) is 12.8 Å². The molecule has 0 bridgehead atoms. The molecule has 0 radical (unpaired) electrons. The third-order valence-electron chi connectivity index (χ3n) is 1.87. The van der Waals surface area contributed by atoms with E-state index in [1.807, 2.05) is 0 Å². The van der Waals surface area contributed by atoms with E-state index in [4.69, 9.17) is 16.3 Å². The first-order valence-corrected chi connectivity index (χ1v) is 3.46. The van der Waals surface area contributed by atoms with Crippen LogP contribution in [0.5, 0.6) is 0 Å². The molecule has 0 amide bonds. The molecule has 1 N–H and O–H groups in total. The van der Waals surface area contributed by atoms with Gasteiger partial charge in [0.1, 0.15) is 6.61 Å². The molecule has 0 aromatic rings. The molecule has 0 aromatic heterocycles. The van der Waals surface area contributed by atoms with Crippen LogP contribution in [0.15, 0.2) is 0 Å². The Kier molecular flexibility index (Phi) is 2.16. The fraction of sp³-hybridized carbons (Fsp3) is 0.625. The largest absolute Gasteiger partial charge is 0.481 e. The van der Waals surface area contributed by atoms with Crippen molar-refractivity contribution in [2.75, 3.05) is 13.2 Å². The lowest BCUT2D eigenvalue weighted by Crippen LogP contribution is -2.21. The van der Waals surface area contributed by atoms with Crippen molar-refractivity contribution in [1.82, 2.24) is 0 Å². The zero-order chi connectivity index (χ0) is 8.32. The second kappa shape index (κ2) is 2.93. The minimum atomic E-state index is -0.769. The Morgan fingerprint density at radius 1 is 1.73 bits per heavy atom. The van der Waals surface area contributed by atoms with Crippen molar-refractivity contribution in [3.05, 3.63) is 0 Å². The highest BCUT2D eigenvalue weighted by molar-refractivity contribution is 5.77. The van der Waals surface area contributed by atoms with Crippen molar-refractivity contribution in [3.63, 3.8) is 0 Å². The molecule has 0 aromatic carbocycles. The molecule has 0 aliphatic heterocycles. The standard InChI is InChI=1S/C8H10O3/c1-2-5-11-6-8(3-4-8)7(9)10/h1H,3-6H2,(H,9,10). The van der Waals surface area contributed by atoms with Crippen LogP contribution >= 0.6 is 0 Å². The number of hydrogen-bond donors (Lipinski definition) is 1. The number of carboxylic acid groups (broad SMARTS) is 1. The molecule has 0 unspecified atom stereocenters. The maximum absolute atomic E-state index is 10.5. The van der Waals surface area contributed by atoms with Crippen LogP contribution in [0.4, 0.5) is 0 Å². The molecule has 0 spiro atoms. The van der Waals surface area contributed by atoms with Crippen LogP contribution in [-0.4, -0.2) is 24.3 Å². The lowest BCUT2D eigenvalue weighted by atomic mass is 10.1. The molecule has 1 rings (SSSR count). The van der Waals surface area contributed by atoms with Gasteiger partial charge >= 0.3 is 5.97 Å². The van der Waals surface area contributed by atoms with E-state index in [0.717, 1.165) is 0 Å². The Bertz CT molecular complexity index is 198. The average molecular weight is 154 g/mol. The predicted molar refractivity (Wildman–Crippen MR) is 39.0 cm³/mol. The maximum atomic E-state index is 10.5. The van der Waals surface area contributed by atoms with E-state index in [2.05, 4.69) is 5.92 Å². The Balaban J connectivity index is 2.26. The topological polar surface area (TPSA) is 46.5 Å². The van der Waals surface area contributed by atoms with Crippen LogP contribution in [0.2, 0.25) is 0 Å². The van der Waals surface area contributed by atoms with Crippen LogP contribution < -0.4 is 0 Å². The summed E-state index contributed by atoms with van der Waals surface area (Å²) in [5.41, 5.74) is -0.600. The second-order valence-electron chi connectivity index (χ2n) is 2.78. The van der Waals surface area contributed by atoms with Crippen LogP contribution in [0.25, 0.3) is 0 Å².